The molecule has 0 aliphatic heterocycles. The predicted octanol–water partition coefficient (Wildman–Crippen LogP) is 2.85. The van der Waals surface area contributed by atoms with E-state index in [1.165, 1.54) is 38.5 Å². The maximum absolute atomic E-state index is 9.71. The molecule has 0 atom stereocenters. The van der Waals surface area contributed by atoms with Crippen molar-refractivity contribution in [3.63, 3.8) is 0 Å². The van der Waals surface area contributed by atoms with Gasteiger partial charge in [0.1, 0.15) is 0 Å². The Morgan fingerprint density at radius 3 is 2.12 bits per heavy atom. The zero-order valence-corrected chi connectivity index (χ0v) is 10.9. The number of nitrogens with one attached hydrogen (secondary N) is 1. The Morgan fingerprint density at radius 1 is 1.06 bits per heavy atom. The highest BCUT2D eigenvalue weighted by Crippen LogP contribution is 2.40. The molecule has 0 unspecified atom stereocenters. The Bertz CT molecular complexity index is 221. The Kier molecular flexibility index (Phi) is 3.60. The summed E-state index contributed by atoms with van der Waals surface area (Å²) in [6, 6.07) is 0.674. The number of hydrogen-bond acceptors (Lipinski definition) is 2. The van der Waals surface area contributed by atoms with Crippen LogP contribution in [0.2, 0.25) is 0 Å². The number of aliphatic hydroxyl groups excluding tert-OH is 1. The van der Waals surface area contributed by atoms with Crippen LogP contribution in [0.5, 0.6) is 0 Å². The highest BCUT2D eigenvalue weighted by Gasteiger charge is 2.39. The fourth-order valence-electron chi connectivity index (χ4n) is 3.26. The standard InChI is InChI=1S/C14H27NO/c1-13(2)7-9-14(11-16,10-8-13)15-12-5-3-4-6-12/h12,15-16H,3-11H2,1-2H3. The second-order valence-electron chi connectivity index (χ2n) is 6.73. The number of hydrogen-bond donors (Lipinski definition) is 2. The first kappa shape index (κ1) is 12.4. The summed E-state index contributed by atoms with van der Waals surface area (Å²) in [5, 5.41) is 13.5. The Morgan fingerprint density at radius 2 is 1.62 bits per heavy atom. The van der Waals surface area contributed by atoms with Crippen LogP contribution in [0.25, 0.3) is 0 Å². The second kappa shape index (κ2) is 4.66. The monoisotopic (exact) mass is 225 g/mol. The molecule has 94 valence electrons. The van der Waals surface area contributed by atoms with E-state index in [4.69, 9.17) is 0 Å². The average molecular weight is 225 g/mol. The van der Waals surface area contributed by atoms with E-state index in [-0.39, 0.29) is 5.54 Å². The molecule has 0 radical (unpaired) electrons. The highest BCUT2D eigenvalue weighted by atomic mass is 16.3. The van der Waals surface area contributed by atoms with E-state index in [2.05, 4.69) is 19.2 Å². The molecule has 0 saturated heterocycles. The van der Waals surface area contributed by atoms with E-state index in [1.54, 1.807) is 0 Å². The maximum Gasteiger partial charge on any atom is 0.0613 e. The molecule has 2 N–H and O–H groups in total. The van der Waals surface area contributed by atoms with Crippen LogP contribution >= 0.6 is 0 Å². The third kappa shape index (κ3) is 2.78. The van der Waals surface area contributed by atoms with Crippen molar-refractivity contribution in [1.29, 1.82) is 0 Å². The Balaban J connectivity index is 1.92. The minimum absolute atomic E-state index is 0.0462. The number of rotatable bonds is 3. The first-order valence-corrected chi connectivity index (χ1v) is 6.94. The third-order valence-corrected chi connectivity index (χ3v) is 4.73. The summed E-state index contributed by atoms with van der Waals surface area (Å²) in [6.45, 7) is 5.02. The van der Waals surface area contributed by atoms with E-state index in [1.807, 2.05) is 0 Å². The summed E-state index contributed by atoms with van der Waals surface area (Å²) in [5.74, 6) is 0. The van der Waals surface area contributed by atoms with Crippen molar-refractivity contribution in [3.05, 3.63) is 0 Å². The lowest BCUT2D eigenvalue weighted by atomic mass is 9.69. The van der Waals surface area contributed by atoms with Crippen molar-refractivity contribution in [1.82, 2.24) is 5.32 Å². The lowest BCUT2D eigenvalue weighted by Gasteiger charge is -2.44. The van der Waals surface area contributed by atoms with Crippen molar-refractivity contribution in [2.24, 2.45) is 5.41 Å². The molecule has 2 rings (SSSR count). The fourth-order valence-corrected chi connectivity index (χ4v) is 3.26. The molecule has 2 fully saturated rings. The molecule has 2 aliphatic carbocycles. The molecule has 0 aromatic carbocycles. The van der Waals surface area contributed by atoms with Gasteiger partial charge in [0.2, 0.25) is 0 Å². The average Bonchev–Trinajstić information content (AvgIpc) is 2.74. The maximum atomic E-state index is 9.71. The molecule has 0 amide bonds. The van der Waals surface area contributed by atoms with Crippen LogP contribution < -0.4 is 5.32 Å². The van der Waals surface area contributed by atoms with Crippen molar-refractivity contribution in [2.45, 2.75) is 76.8 Å². The van der Waals surface area contributed by atoms with E-state index >= 15 is 0 Å². The summed E-state index contributed by atoms with van der Waals surface area (Å²) in [6.07, 6.45) is 10.1. The van der Waals surface area contributed by atoms with Gasteiger partial charge in [0.15, 0.2) is 0 Å². The molecular formula is C14H27NO. The summed E-state index contributed by atoms with van der Waals surface area (Å²) >= 11 is 0. The van der Waals surface area contributed by atoms with Gasteiger partial charge < -0.3 is 10.4 Å². The smallest absolute Gasteiger partial charge is 0.0613 e. The van der Waals surface area contributed by atoms with Crippen LogP contribution in [0.15, 0.2) is 0 Å². The molecule has 2 nitrogen and oxygen atoms in total. The first-order valence-electron chi connectivity index (χ1n) is 6.94. The lowest BCUT2D eigenvalue weighted by molar-refractivity contribution is 0.0672. The van der Waals surface area contributed by atoms with E-state index in [0.29, 0.717) is 18.1 Å². The van der Waals surface area contributed by atoms with Crippen LogP contribution in [0.3, 0.4) is 0 Å². The molecule has 0 heterocycles. The van der Waals surface area contributed by atoms with Gasteiger partial charge >= 0.3 is 0 Å². The molecule has 0 aromatic heterocycles. The summed E-state index contributed by atoms with van der Waals surface area (Å²) < 4.78 is 0. The minimum Gasteiger partial charge on any atom is -0.394 e. The summed E-state index contributed by atoms with van der Waals surface area (Å²) in [7, 11) is 0. The van der Waals surface area contributed by atoms with Gasteiger partial charge in [-0.3, -0.25) is 0 Å². The zero-order valence-electron chi connectivity index (χ0n) is 10.9. The molecule has 0 bridgehead atoms. The molecule has 2 heteroatoms. The van der Waals surface area contributed by atoms with Gasteiger partial charge in [0.25, 0.3) is 0 Å². The van der Waals surface area contributed by atoms with E-state index in [0.717, 1.165) is 12.8 Å². The van der Waals surface area contributed by atoms with Gasteiger partial charge in [0.05, 0.1) is 6.61 Å². The van der Waals surface area contributed by atoms with Gasteiger partial charge in [0, 0.05) is 11.6 Å². The van der Waals surface area contributed by atoms with Crippen LogP contribution in [0.1, 0.15) is 65.2 Å². The van der Waals surface area contributed by atoms with Gasteiger partial charge in [-0.1, -0.05) is 26.7 Å². The Labute approximate surface area is 99.8 Å². The van der Waals surface area contributed by atoms with E-state index in [9.17, 15) is 5.11 Å². The normalized spacial score (nSPS) is 29.4. The van der Waals surface area contributed by atoms with Gasteiger partial charge in [-0.2, -0.15) is 0 Å². The largest absolute Gasteiger partial charge is 0.394 e. The summed E-state index contributed by atoms with van der Waals surface area (Å²) in [5.41, 5.74) is 0.528. The number of aliphatic hydroxyl groups is 1. The van der Waals surface area contributed by atoms with Crippen molar-refractivity contribution in [3.8, 4) is 0 Å². The predicted molar refractivity (Wildman–Crippen MR) is 67.5 cm³/mol. The summed E-state index contributed by atoms with van der Waals surface area (Å²) in [4.78, 5) is 0. The zero-order chi connectivity index (χ0) is 11.6. The Hall–Kier alpha value is -0.0800. The quantitative estimate of drug-likeness (QED) is 0.774. The van der Waals surface area contributed by atoms with Crippen molar-refractivity contribution < 1.29 is 5.11 Å². The van der Waals surface area contributed by atoms with Crippen LogP contribution in [0.4, 0.5) is 0 Å². The van der Waals surface area contributed by atoms with Gasteiger partial charge in [-0.15, -0.1) is 0 Å². The SMILES string of the molecule is CC1(C)CCC(CO)(NC2CCCC2)CC1. The highest BCUT2D eigenvalue weighted by molar-refractivity contribution is 4.97. The van der Waals surface area contributed by atoms with Crippen LogP contribution in [0, 0.1) is 5.41 Å². The first-order chi connectivity index (χ1) is 7.55. The fraction of sp³-hybridized carbons (Fsp3) is 1.00. The van der Waals surface area contributed by atoms with Crippen LogP contribution in [-0.4, -0.2) is 23.3 Å². The molecular weight excluding hydrogens is 198 g/mol. The molecule has 0 aromatic rings. The van der Waals surface area contributed by atoms with Gasteiger partial charge in [-0.05, 0) is 43.9 Å². The molecule has 2 saturated carbocycles. The van der Waals surface area contributed by atoms with Crippen molar-refractivity contribution in [2.75, 3.05) is 6.61 Å². The van der Waals surface area contributed by atoms with Gasteiger partial charge in [-0.25, -0.2) is 0 Å². The van der Waals surface area contributed by atoms with Crippen LogP contribution in [-0.2, 0) is 0 Å². The molecule has 16 heavy (non-hydrogen) atoms. The third-order valence-electron chi connectivity index (χ3n) is 4.73. The lowest BCUT2D eigenvalue weighted by Crippen LogP contribution is -2.55. The molecule has 2 aliphatic rings. The molecule has 0 spiro atoms. The van der Waals surface area contributed by atoms with E-state index < -0.39 is 0 Å². The second-order valence-corrected chi connectivity index (χ2v) is 6.73. The van der Waals surface area contributed by atoms with Crippen molar-refractivity contribution >= 4 is 0 Å². The minimum atomic E-state index is 0.0462. The topological polar surface area (TPSA) is 32.3 Å².